The van der Waals surface area contributed by atoms with E-state index in [1.165, 1.54) is 0 Å². The molecular weight excluding hydrogens is 226 g/mol. The third kappa shape index (κ3) is 1.74. The van der Waals surface area contributed by atoms with Gasteiger partial charge < -0.3 is 10.7 Å². The topological polar surface area (TPSA) is 80.5 Å². The van der Waals surface area contributed by atoms with Crippen molar-refractivity contribution in [1.29, 1.82) is 0 Å². The van der Waals surface area contributed by atoms with Gasteiger partial charge in [-0.1, -0.05) is 0 Å². The third-order valence-electron chi connectivity index (χ3n) is 2.92. The summed E-state index contributed by atoms with van der Waals surface area (Å²) in [5.74, 6) is 0. The lowest BCUT2D eigenvalue weighted by molar-refractivity contribution is 0.976. The molecule has 0 aliphatic rings. The summed E-state index contributed by atoms with van der Waals surface area (Å²) in [6.07, 6.45) is 7.86. The highest BCUT2D eigenvalue weighted by Gasteiger charge is 2.11. The first-order chi connectivity index (χ1) is 8.90. The Morgan fingerprint density at radius 1 is 1.17 bits per heavy atom. The van der Waals surface area contributed by atoms with Crippen LogP contribution in [0, 0.1) is 0 Å². The summed E-state index contributed by atoms with van der Waals surface area (Å²) in [6, 6.07) is 3.89. The molecule has 0 amide bonds. The van der Waals surface area contributed by atoms with Gasteiger partial charge in [0.1, 0.15) is 12.0 Å². The van der Waals surface area contributed by atoms with Crippen LogP contribution in [0.5, 0.6) is 0 Å². The fourth-order valence-corrected chi connectivity index (χ4v) is 2.11. The number of pyridine rings is 1. The lowest BCUT2D eigenvalue weighted by atomic mass is 10.1. The van der Waals surface area contributed by atoms with E-state index in [1.807, 2.05) is 18.3 Å². The van der Waals surface area contributed by atoms with Crippen molar-refractivity contribution in [1.82, 2.24) is 19.9 Å². The second kappa shape index (κ2) is 4.54. The number of rotatable bonds is 3. The van der Waals surface area contributed by atoms with E-state index in [-0.39, 0.29) is 0 Å². The van der Waals surface area contributed by atoms with Crippen LogP contribution in [0.4, 0.5) is 0 Å². The Hall–Kier alpha value is -2.27. The van der Waals surface area contributed by atoms with Gasteiger partial charge in [0.2, 0.25) is 0 Å². The summed E-state index contributed by atoms with van der Waals surface area (Å²) < 4.78 is 0. The summed E-state index contributed by atoms with van der Waals surface area (Å²) in [6.45, 7) is 0.609. The summed E-state index contributed by atoms with van der Waals surface area (Å²) in [4.78, 5) is 15.8. The van der Waals surface area contributed by atoms with E-state index in [2.05, 4.69) is 19.9 Å². The van der Waals surface area contributed by atoms with E-state index < -0.39 is 0 Å². The minimum Gasteiger partial charge on any atom is -0.346 e. The summed E-state index contributed by atoms with van der Waals surface area (Å²) in [5, 5.41) is 1.05. The van der Waals surface area contributed by atoms with Crippen molar-refractivity contribution < 1.29 is 0 Å². The number of aromatic amines is 1. The smallest absolute Gasteiger partial charge is 0.141 e. The van der Waals surface area contributed by atoms with Crippen LogP contribution in [0.3, 0.4) is 0 Å². The lowest BCUT2D eigenvalue weighted by Gasteiger charge is -2.03. The number of hydrogen-bond donors (Lipinski definition) is 2. The molecule has 0 bridgehead atoms. The number of aromatic nitrogens is 4. The lowest BCUT2D eigenvalue weighted by Crippen LogP contribution is -2.02. The van der Waals surface area contributed by atoms with Gasteiger partial charge >= 0.3 is 0 Å². The van der Waals surface area contributed by atoms with Crippen LogP contribution in [0.25, 0.3) is 22.3 Å². The predicted molar refractivity (Wildman–Crippen MR) is 69.9 cm³/mol. The normalized spacial score (nSPS) is 10.9. The first-order valence-electron chi connectivity index (χ1n) is 5.81. The highest BCUT2D eigenvalue weighted by molar-refractivity contribution is 5.93. The Morgan fingerprint density at radius 2 is 2.00 bits per heavy atom. The largest absolute Gasteiger partial charge is 0.346 e. The molecule has 0 atom stereocenters. The van der Waals surface area contributed by atoms with Gasteiger partial charge in [-0.3, -0.25) is 4.98 Å². The van der Waals surface area contributed by atoms with E-state index in [1.54, 1.807) is 18.7 Å². The minimum absolute atomic E-state index is 0.609. The Labute approximate surface area is 104 Å². The molecule has 3 rings (SSSR count). The molecule has 0 radical (unpaired) electrons. The fraction of sp³-hybridized carbons (Fsp3) is 0.154. The van der Waals surface area contributed by atoms with Crippen molar-refractivity contribution in [3.05, 3.63) is 42.6 Å². The average molecular weight is 239 g/mol. The maximum atomic E-state index is 5.63. The van der Waals surface area contributed by atoms with Crippen molar-refractivity contribution in [3.8, 4) is 11.3 Å². The second-order valence-corrected chi connectivity index (χ2v) is 4.03. The van der Waals surface area contributed by atoms with Gasteiger partial charge in [-0.25, -0.2) is 9.97 Å². The summed E-state index contributed by atoms with van der Waals surface area (Å²) >= 11 is 0. The Balaban J connectivity index is 2.25. The van der Waals surface area contributed by atoms with Crippen LogP contribution in [-0.4, -0.2) is 26.5 Å². The zero-order valence-electron chi connectivity index (χ0n) is 9.80. The molecule has 0 aliphatic heterocycles. The van der Waals surface area contributed by atoms with E-state index in [0.717, 1.165) is 34.3 Å². The van der Waals surface area contributed by atoms with E-state index in [4.69, 9.17) is 5.73 Å². The molecule has 0 saturated carbocycles. The van der Waals surface area contributed by atoms with Crippen molar-refractivity contribution in [3.63, 3.8) is 0 Å². The molecule has 5 heteroatoms. The highest BCUT2D eigenvalue weighted by atomic mass is 14.9. The first-order valence-corrected chi connectivity index (χ1v) is 5.81. The molecule has 0 aliphatic carbocycles. The van der Waals surface area contributed by atoms with Gasteiger partial charge in [-0.15, -0.1) is 0 Å². The quantitative estimate of drug-likeness (QED) is 0.726. The van der Waals surface area contributed by atoms with Crippen LogP contribution in [-0.2, 0) is 6.42 Å². The average Bonchev–Trinajstić information content (AvgIpc) is 2.84. The summed E-state index contributed by atoms with van der Waals surface area (Å²) in [7, 11) is 0. The van der Waals surface area contributed by atoms with Gasteiger partial charge in [-0.2, -0.15) is 0 Å². The van der Waals surface area contributed by atoms with Crippen LogP contribution in [0.1, 0.15) is 5.56 Å². The number of nitrogens with two attached hydrogens (primary N) is 1. The minimum atomic E-state index is 0.609. The van der Waals surface area contributed by atoms with E-state index in [9.17, 15) is 0 Å². The fourth-order valence-electron chi connectivity index (χ4n) is 2.11. The molecule has 90 valence electrons. The monoisotopic (exact) mass is 239 g/mol. The molecule has 5 nitrogen and oxygen atoms in total. The Bertz CT molecular complexity index is 659. The van der Waals surface area contributed by atoms with Crippen molar-refractivity contribution in [2.24, 2.45) is 5.73 Å². The molecule has 3 aromatic heterocycles. The van der Waals surface area contributed by atoms with Crippen molar-refractivity contribution in [2.45, 2.75) is 6.42 Å². The van der Waals surface area contributed by atoms with Gasteiger partial charge in [-0.05, 0) is 30.7 Å². The number of nitrogens with one attached hydrogen (secondary N) is 1. The maximum Gasteiger partial charge on any atom is 0.141 e. The number of fused-ring (bicyclic) bond motifs is 1. The molecular formula is C13H13N5. The zero-order valence-corrected chi connectivity index (χ0v) is 9.80. The molecule has 0 aromatic carbocycles. The molecule has 0 saturated heterocycles. The number of hydrogen-bond acceptors (Lipinski definition) is 4. The first kappa shape index (κ1) is 10.9. The molecule has 3 aromatic rings. The Morgan fingerprint density at radius 3 is 2.78 bits per heavy atom. The second-order valence-electron chi connectivity index (χ2n) is 4.03. The predicted octanol–water partition coefficient (Wildman–Crippen LogP) is 1.52. The van der Waals surface area contributed by atoms with Crippen molar-refractivity contribution in [2.75, 3.05) is 6.54 Å². The maximum absolute atomic E-state index is 5.63. The summed E-state index contributed by atoms with van der Waals surface area (Å²) in [5.41, 5.74) is 9.60. The van der Waals surface area contributed by atoms with E-state index >= 15 is 0 Å². The van der Waals surface area contributed by atoms with Crippen molar-refractivity contribution >= 4 is 11.0 Å². The Kier molecular flexibility index (Phi) is 2.74. The molecule has 0 fully saturated rings. The van der Waals surface area contributed by atoms with Gasteiger partial charge in [0.05, 0.1) is 5.69 Å². The van der Waals surface area contributed by atoms with Crippen LogP contribution in [0.2, 0.25) is 0 Å². The molecule has 3 N–H and O–H groups in total. The van der Waals surface area contributed by atoms with E-state index in [0.29, 0.717) is 6.54 Å². The van der Waals surface area contributed by atoms with Crippen LogP contribution < -0.4 is 5.73 Å². The highest BCUT2D eigenvalue weighted by Crippen LogP contribution is 2.27. The third-order valence-corrected chi connectivity index (χ3v) is 2.92. The molecule has 3 heterocycles. The SMILES string of the molecule is NCCc1c[nH]c2ncnc(-c3ccncc3)c12. The van der Waals surface area contributed by atoms with Gasteiger partial charge in [0.25, 0.3) is 0 Å². The van der Waals surface area contributed by atoms with Crippen LogP contribution >= 0.6 is 0 Å². The standard InChI is InChI=1S/C13H13N5/c14-4-1-10-7-16-13-11(10)12(17-8-18-13)9-2-5-15-6-3-9/h2-3,5-8H,1,4,14H2,(H,16,17,18). The molecule has 18 heavy (non-hydrogen) atoms. The van der Waals surface area contributed by atoms with Gasteiger partial charge in [0.15, 0.2) is 0 Å². The van der Waals surface area contributed by atoms with Gasteiger partial charge in [0, 0.05) is 29.5 Å². The molecule has 0 unspecified atom stereocenters. The number of nitrogens with zero attached hydrogens (tertiary/aromatic N) is 3. The number of H-pyrrole nitrogens is 1. The zero-order chi connectivity index (χ0) is 12.4. The molecule has 0 spiro atoms. The van der Waals surface area contributed by atoms with Crippen LogP contribution in [0.15, 0.2) is 37.1 Å².